The zero-order valence-corrected chi connectivity index (χ0v) is 8.04. The second-order valence-corrected chi connectivity index (χ2v) is 3.32. The van der Waals surface area contributed by atoms with Gasteiger partial charge < -0.3 is 0 Å². The standard InChI is InChI=1S/C11H10FNO/c1-7-6-9-4-3-5-10(12)11(9)13(7)8(2)14/h3-6H,1-2H3. The Morgan fingerprint density at radius 3 is 2.79 bits per heavy atom. The van der Waals surface area contributed by atoms with Crippen molar-refractivity contribution < 1.29 is 9.18 Å². The smallest absolute Gasteiger partial charge is 0.228 e. The van der Waals surface area contributed by atoms with Gasteiger partial charge in [-0.15, -0.1) is 0 Å². The lowest BCUT2D eigenvalue weighted by molar-refractivity contribution is 0.0939. The van der Waals surface area contributed by atoms with E-state index in [0.29, 0.717) is 5.52 Å². The maximum atomic E-state index is 13.4. The maximum absolute atomic E-state index is 13.4. The summed E-state index contributed by atoms with van der Waals surface area (Å²) in [5, 5.41) is 0.762. The lowest BCUT2D eigenvalue weighted by Crippen LogP contribution is -2.07. The fraction of sp³-hybridized carbons (Fsp3) is 0.182. The summed E-state index contributed by atoms with van der Waals surface area (Å²) in [6.07, 6.45) is 0. The van der Waals surface area contributed by atoms with Gasteiger partial charge in [0.05, 0.1) is 5.52 Å². The number of rotatable bonds is 0. The SMILES string of the molecule is CC(=O)n1c(C)cc2cccc(F)c21. The van der Waals surface area contributed by atoms with E-state index in [1.54, 1.807) is 25.1 Å². The number of hydrogen-bond acceptors (Lipinski definition) is 1. The molecule has 0 aliphatic heterocycles. The summed E-state index contributed by atoms with van der Waals surface area (Å²) in [6.45, 7) is 3.22. The largest absolute Gasteiger partial charge is 0.282 e. The molecule has 1 aromatic carbocycles. The highest BCUT2D eigenvalue weighted by Gasteiger charge is 2.11. The minimum Gasteiger partial charge on any atom is -0.282 e. The molecule has 0 unspecified atom stereocenters. The van der Waals surface area contributed by atoms with Gasteiger partial charge in [-0.2, -0.15) is 0 Å². The van der Waals surface area contributed by atoms with Crippen LogP contribution in [-0.2, 0) is 0 Å². The van der Waals surface area contributed by atoms with Gasteiger partial charge in [-0.05, 0) is 19.1 Å². The van der Waals surface area contributed by atoms with Crippen molar-refractivity contribution in [3.63, 3.8) is 0 Å². The van der Waals surface area contributed by atoms with E-state index in [2.05, 4.69) is 0 Å². The summed E-state index contributed by atoms with van der Waals surface area (Å²) in [5.74, 6) is -0.520. The van der Waals surface area contributed by atoms with E-state index in [1.165, 1.54) is 17.6 Å². The fourth-order valence-electron chi connectivity index (χ4n) is 1.76. The van der Waals surface area contributed by atoms with Gasteiger partial charge in [0.2, 0.25) is 5.91 Å². The summed E-state index contributed by atoms with van der Waals surface area (Å²) < 4.78 is 14.8. The second kappa shape index (κ2) is 2.94. The number of hydrogen-bond donors (Lipinski definition) is 0. The highest BCUT2D eigenvalue weighted by atomic mass is 19.1. The van der Waals surface area contributed by atoms with Crippen LogP contribution in [0.15, 0.2) is 24.3 Å². The quantitative estimate of drug-likeness (QED) is 0.627. The van der Waals surface area contributed by atoms with Gasteiger partial charge in [0, 0.05) is 18.0 Å². The van der Waals surface area contributed by atoms with E-state index >= 15 is 0 Å². The van der Waals surface area contributed by atoms with Crippen molar-refractivity contribution in [1.29, 1.82) is 0 Å². The first kappa shape index (κ1) is 8.94. The zero-order valence-electron chi connectivity index (χ0n) is 8.04. The number of fused-ring (bicyclic) bond motifs is 1. The minimum atomic E-state index is -0.356. The molecular formula is C11H10FNO. The molecule has 1 heterocycles. The topological polar surface area (TPSA) is 22.0 Å². The molecule has 0 N–H and O–H groups in total. The van der Waals surface area contributed by atoms with Gasteiger partial charge in [0.15, 0.2) is 0 Å². The molecule has 0 bridgehead atoms. The third-order valence-electron chi connectivity index (χ3n) is 2.27. The summed E-state index contributed by atoms with van der Waals surface area (Å²) in [7, 11) is 0. The molecule has 0 atom stereocenters. The molecule has 0 saturated heterocycles. The molecule has 0 saturated carbocycles. The number of carbonyl (C=O) groups is 1. The molecule has 0 fully saturated rings. The molecule has 72 valence electrons. The molecule has 0 aliphatic carbocycles. The number of nitrogens with zero attached hydrogens (tertiary/aromatic N) is 1. The first-order chi connectivity index (χ1) is 6.61. The lowest BCUT2D eigenvalue weighted by Gasteiger charge is -2.02. The van der Waals surface area contributed by atoms with E-state index in [9.17, 15) is 9.18 Å². The fourth-order valence-corrected chi connectivity index (χ4v) is 1.76. The number of aryl methyl sites for hydroxylation is 1. The van der Waals surface area contributed by atoms with Crippen molar-refractivity contribution in [1.82, 2.24) is 4.57 Å². The number of benzene rings is 1. The maximum Gasteiger partial charge on any atom is 0.228 e. The van der Waals surface area contributed by atoms with Crippen molar-refractivity contribution in [3.8, 4) is 0 Å². The molecule has 0 spiro atoms. The number of para-hydroxylation sites is 1. The van der Waals surface area contributed by atoms with Crippen molar-refractivity contribution >= 4 is 16.8 Å². The Balaban J connectivity index is 2.93. The third kappa shape index (κ3) is 1.13. The monoisotopic (exact) mass is 191 g/mol. The van der Waals surface area contributed by atoms with Gasteiger partial charge in [-0.25, -0.2) is 4.39 Å². The Morgan fingerprint density at radius 1 is 1.43 bits per heavy atom. The van der Waals surface area contributed by atoms with Crippen LogP contribution in [-0.4, -0.2) is 10.5 Å². The van der Waals surface area contributed by atoms with Crippen molar-refractivity contribution in [2.75, 3.05) is 0 Å². The summed E-state index contributed by atoms with van der Waals surface area (Å²) in [5.41, 5.74) is 1.13. The number of aromatic nitrogens is 1. The average molecular weight is 191 g/mol. The average Bonchev–Trinajstić information content (AvgIpc) is 2.42. The Bertz CT molecular complexity index is 513. The van der Waals surface area contributed by atoms with Gasteiger partial charge >= 0.3 is 0 Å². The van der Waals surface area contributed by atoms with E-state index in [0.717, 1.165) is 11.1 Å². The number of carbonyl (C=O) groups excluding carboxylic acids is 1. The summed E-state index contributed by atoms with van der Waals surface area (Å²) in [6, 6.07) is 6.60. The van der Waals surface area contributed by atoms with Crippen LogP contribution in [0.5, 0.6) is 0 Å². The number of halogens is 1. The highest BCUT2D eigenvalue weighted by Crippen LogP contribution is 2.21. The van der Waals surface area contributed by atoms with Gasteiger partial charge in [-0.1, -0.05) is 12.1 Å². The van der Waals surface area contributed by atoms with Crippen molar-refractivity contribution in [2.45, 2.75) is 13.8 Å². The van der Waals surface area contributed by atoms with E-state index < -0.39 is 0 Å². The third-order valence-corrected chi connectivity index (χ3v) is 2.27. The van der Waals surface area contributed by atoms with Crippen molar-refractivity contribution in [2.24, 2.45) is 0 Å². The first-order valence-electron chi connectivity index (χ1n) is 4.39. The molecule has 14 heavy (non-hydrogen) atoms. The lowest BCUT2D eigenvalue weighted by atomic mass is 10.2. The van der Waals surface area contributed by atoms with Crippen LogP contribution in [0.1, 0.15) is 17.4 Å². The van der Waals surface area contributed by atoms with Crippen LogP contribution in [0.3, 0.4) is 0 Å². The van der Waals surface area contributed by atoms with Crippen LogP contribution in [0.2, 0.25) is 0 Å². The minimum absolute atomic E-state index is 0.164. The normalized spacial score (nSPS) is 10.8. The van der Waals surface area contributed by atoms with Crippen LogP contribution < -0.4 is 0 Å². The van der Waals surface area contributed by atoms with Crippen LogP contribution in [0, 0.1) is 12.7 Å². The molecule has 2 rings (SSSR count). The predicted molar refractivity (Wildman–Crippen MR) is 52.9 cm³/mol. The first-order valence-corrected chi connectivity index (χ1v) is 4.39. The van der Waals surface area contributed by atoms with Gasteiger partial charge in [-0.3, -0.25) is 9.36 Å². The molecule has 3 heteroatoms. The molecule has 0 amide bonds. The Hall–Kier alpha value is -1.64. The molecule has 0 aliphatic rings. The molecule has 0 radical (unpaired) electrons. The molecule has 2 nitrogen and oxygen atoms in total. The summed E-state index contributed by atoms with van der Waals surface area (Å²) in [4.78, 5) is 11.3. The molecule has 2 aromatic rings. The van der Waals surface area contributed by atoms with Crippen molar-refractivity contribution in [3.05, 3.63) is 35.8 Å². The van der Waals surface area contributed by atoms with Crippen LogP contribution in [0.25, 0.3) is 10.9 Å². The van der Waals surface area contributed by atoms with E-state index in [4.69, 9.17) is 0 Å². The molecular weight excluding hydrogens is 181 g/mol. The van der Waals surface area contributed by atoms with E-state index in [1.807, 2.05) is 0 Å². The highest BCUT2D eigenvalue weighted by molar-refractivity contribution is 5.93. The van der Waals surface area contributed by atoms with Gasteiger partial charge in [0.1, 0.15) is 5.82 Å². The Labute approximate surface area is 81.0 Å². The summed E-state index contributed by atoms with van der Waals surface area (Å²) >= 11 is 0. The van der Waals surface area contributed by atoms with Gasteiger partial charge in [0.25, 0.3) is 0 Å². The Kier molecular flexibility index (Phi) is 1.88. The van der Waals surface area contributed by atoms with Crippen LogP contribution in [0.4, 0.5) is 4.39 Å². The Morgan fingerprint density at radius 2 is 2.14 bits per heavy atom. The zero-order chi connectivity index (χ0) is 10.3. The molecule has 1 aromatic heterocycles. The second-order valence-electron chi connectivity index (χ2n) is 3.32. The van der Waals surface area contributed by atoms with Crippen LogP contribution >= 0.6 is 0 Å². The predicted octanol–water partition coefficient (Wildman–Crippen LogP) is 2.75. The van der Waals surface area contributed by atoms with E-state index in [-0.39, 0.29) is 11.7 Å².